The lowest BCUT2D eigenvalue weighted by atomic mass is 10.0. The van der Waals surface area contributed by atoms with Gasteiger partial charge in [0.2, 0.25) is 0 Å². The van der Waals surface area contributed by atoms with Crippen LogP contribution in [-0.2, 0) is 4.74 Å². The average molecular weight is 201 g/mol. The molecule has 1 aliphatic rings. The molecule has 0 aromatic rings. The summed E-state index contributed by atoms with van der Waals surface area (Å²) >= 11 is 0. The van der Waals surface area contributed by atoms with Crippen LogP contribution in [0.5, 0.6) is 0 Å². The molecule has 1 rings (SSSR count). The Balaban J connectivity index is 2.38. The molecule has 0 bridgehead atoms. The van der Waals surface area contributed by atoms with E-state index in [4.69, 9.17) is 9.84 Å². The first-order valence-electron chi connectivity index (χ1n) is 5.04. The third-order valence-electron chi connectivity index (χ3n) is 2.23. The predicted octanol–water partition coefficient (Wildman–Crippen LogP) is 1.38. The fourth-order valence-electron chi connectivity index (χ4n) is 1.45. The van der Waals surface area contributed by atoms with Gasteiger partial charge in [0, 0.05) is 19.2 Å². The van der Waals surface area contributed by atoms with E-state index in [1.165, 1.54) is 0 Å². The van der Waals surface area contributed by atoms with Gasteiger partial charge in [-0.1, -0.05) is 0 Å². The van der Waals surface area contributed by atoms with Crippen LogP contribution in [-0.4, -0.2) is 40.9 Å². The van der Waals surface area contributed by atoms with Gasteiger partial charge in [-0.15, -0.1) is 0 Å². The number of nitrogens with zero attached hydrogens (tertiary/aromatic N) is 1. The minimum Gasteiger partial charge on any atom is -0.444 e. The van der Waals surface area contributed by atoms with E-state index in [1.54, 1.807) is 4.90 Å². The summed E-state index contributed by atoms with van der Waals surface area (Å²) in [7, 11) is 0. The highest BCUT2D eigenvalue weighted by Gasteiger charge is 2.34. The Morgan fingerprint density at radius 3 is 2.57 bits per heavy atom. The van der Waals surface area contributed by atoms with E-state index in [0.717, 1.165) is 13.0 Å². The Bertz CT molecular complexity index is 210. The first-order valence-corrected chi connectivity index (χ1v) is 5.04. The van der Waals surface area contributed by atoms with Crippen molar-refractivity contribution in [3.63, 3.8) is 0 Å². The number of hydrogen-bond acceptors (Lipinski definition) is 3. The zero-order valence-corrected chi connectivity index (χ0v) is 9.12. The molecular formula is C10H19NO3. The van der Waals surface area contributed by atoms with E-state index in [-0.39, 0.29) is 18.7 Å². The summed E-state index contributed by atoms with van der Waals surface area (Å²) in [6.45, 7) is 6.44. The highest BCUT2D eigenvalue weighted by molar-refractivity contribution is 5.69. The van der Waals surface area contributed by atoms with Crippen LogP contribution in [0, 0.1) is 0 Å². The molecule has 0 aromatic carbocycles. The number of carbonyl (C=O) groups excluding carboxylic acids is 1. The molecule has 4 nitrogen and oxygen atoms in total. The summed E-state index contributed by atoms with van der Waals surface area (Å²) in [5, 5.41) is 8.76. The maximum absolute atomic E-state index is 11.5. The van der Waals surface area contributed by atoms with Crippen molar-refractivity contribution >= 4 is 6.09 Å². The van der Waals surface area contributed by atoms with Crippen LogP contribution in [0.4, 0.5) is 4.79 Å². The van der Waals surface area contributed by atoms with Gasteiger partial charge < -0.3 is 14.7 Å². The van der Waals surface area contributed by atoms with Crippen molar-refractivity contribution in [3.8, 4) is 0 Å². The van der Waals surface area contributed by atoms with Gasteiger partial charge in [0.05, 0.1) is 0 Å². The number of likely N-dealkylation sites (tertiary alicyclic amines) is 1. The molecule has 4 heteroatoms. The monoisotopic (exact) mass is 201 g/mol. The normalized spacial score (nSPS) is 21.7. The van der Waals surface area contributed by atoms with Crippen LogP contribution < -0.4 is 0 Å². The molecule has 1 amide bonds. The van der Waals surface area contributed by atoms with Gasteiger partial charge in [-0.2, -0.15) is 0 Å². The topological polar surface area (TPSA) is 49.8 Å². The molecule has 1 atom stereocenters. The van der Waals surface area contributed by atoms with Gasteiger partial charge in [0.25, 0.3) is 0 Å². The van der Waals surface area contributed by atoms with Crippen LogP contribution in [0.3, 0.4) is 0 Å². The van der Waals surface area contributed by atoms with Gasteiger partial charge in [0.1, 0.15) is 5.60 Å². The lowest BCUT2D eigenvalue weighted by Crippen LogP contribution is -2.52. The van der Waals surface area contributed by atoms with Crippen LogP contribution in [0.15, 0.2) is 0 Å². The van der Waals surface area contributed by atoms with Crippen LogP contribution in [0.2, 0.25) is 0 Å². The summed E-state index contributed by atoms with van der Waals surface area (Å²) in [6, 6.07) is 0.176. The van der Waals surface area contributed by atoms with Crippen molar-refractivity contribution in [2.24, 2.45) is 0 Å². The first-order chi connectivity index (χ1) is 6.44. The SMILES string of the molecule is CC(C)(C)OC(=O)N1CCC1CCO. The average Bonchev–Trinajstić information content (AvgIpc) is 1.93. The second-order valence-corrected chi connectivity index (χ2v) is 4.63. The standard InChI is InChI=1S/C10H19NO3/c1-10(2,3)14-9(13)11-6-4-8(11)5-7-12/h8,12H,4-7H2,1-3H3. The molecule has 0 aromatic heterocycles. The molecule has 1 fully saturated rings. The lowest BCUT2D eigenvalue weighted by molar-refractivity contribution is -0.00923. The van der Waals surface area contributed by atoms with Gasteiger partial charge in [-0.05, 0) is 33.6 Å². The fraction of sp³-hybridized carbons (Fsp3) is 0.900. The van der Waals surface area contributed by atoms with Crippen molar-refractivity contribution < 1.29 is 14.6 Å². The first kappa shape index (κ1) is 11.3. The second kappa shape index (κ2) is 4.17. The molecule has 0 spiro atoms. The maximum Gasteiger partial charge on any atom is 0.410 e. The molecule has 82 valence electrons. The largest absolute Gasteiger partial charge is 0.444 e. The van der Waals surface area contributed by atoms with E-state index in [1.807, 2.05) is 20.8 Å². The van der Waals surface area contributed by atoms with E-state index in [2.05, 4.69) is 0 Å². The Hall–Kier alpha value is -0.770. The van der Waals surface area contributed by atoms with Crippen LogP contribution in [0.1, 0.15) is 33.6 Å². The van der Waals surface area contributed by atoms with Crippen LogP contribution >= 0.6 is 0 Å². The highest BCUT2D eigenvalue weighted by Crippen LogP contribution is 2.23. The second-order valence-electron chi connectivity index (χ2n) is 4.63. The fourth-order valence-corrected chi connectivity index (χ4v) is 1.45. The van der Waals surface area contributed by atoms with Crippen molar-refractivity contribution in [1.82, 2.24) is 4.90 Å². The summed E-state index contributed by atoms with van der Waals surface area (Å²) in [4.78, 5) is 13.2. The van der Waals surface area contributed by atoms with Crippen molar-refractivity contribution in [1.29, 1.82) is 0 Å². The number of aliphatic hydroxyl groups excluding tert-OH is 1. The zero-order valence-electron chi connectivity index (χ0n) is 9.12. The summed E-state index contributed by atoms with van der Waals surface area (Å²) in [5.41, 5.74) is -0.434. The molecule has 0 aliphatic carbocycles. The highest BCUT2D eigenvalue weighted by atomic mass is 16.6. The molecule has 1 N–H and O–H groups in total. The predicted molar refractivity (Wildman–Crippen MR) is 53.0 cm³/mol. The third-order valence-corrected chi connectivity index (χ3v) is 2.23. The Morgan fingerprint density at radius 2 is 2.21 bits per heavy atom. The summed E-state index contributed by atoms with van der Waals surface area (Å²) in [5.74, 6) is 0. The smallest absolute Gasteiger partial charge is 0.410 e. The molecule has 14 heavy (non-hydrogen) atoms. The molecule has 1 heterocycles. The minimum atomic E-state index is -0.434. The van der Waals surface area contributed by atoms with Crippen molar-refractivity contribution in [3.05, 3.63) is 0 Å². The lowest BCUT2D eigenvalue weighted by Gasteiger charge is -2.41. The van der Waals surface area contributed by atoms with E-state index < -0.39 is 5.60 Å². The quantitative estimate of drug-likeness (QED) is 0.734. The number of carbonyl (C=O) groups is 1. The van der Waals surface area contributed by atoms with E-state index >= 15 is 0 Å². The number of hydrogen-bond donors (Lipinski definition) is 1. The molecule has 1 unspecified atom stereocenters. The van der Waals surface area contributed by atoms with Gasteiger partial charge >= 0.3 is 6.09 Å². The molecule has 0 radical (unpaired) electrons. The Kier molecular flexibility index (Phi) is 3.37. The van der Waals surface area contributed by atoms with Crippen molar-refractivity contribution in [2.75, 3.05) is 13.2 Å². The van der Waals surface area contributed by atoms with Crippen molar-refractivity contribution in [2.45, 2.75) is 45.3 Å². The number of ether oxygens (including phenoxy) is 1. The molecule has 0 saturated carbocycles. The van der Waals surface area contributed by atoms with Crippen LogP contribution in [0.25, 0.3) is 0 Å². The Labute approximate surface area is 84.8 Å². The molecular weight excluding hydrogens is 182 g/mol. The minimum absolute atomic E-state index is 0.129. The van der Waals surface area contributed by atoms with E-state index in [0.29, 0.717) is 6.42 Å². The number of rotatable bonds is 2. The van der Waals surface area contributed by atoms with E-state index in [9.17, 15) is 4.79 Å². The Morgan fingerprint density at radius 1 is 1.57 bits per heavy atom. The molecule has 1 saturated heterocycles. The number of aliphatic hydroxyl groups is 1. The van der Waals surface area contributed by atoms with Gasteiger partial charge in [-0.3, -0.25) is 0 Å². The number of amides is 1. The zero-order chi connectivity index (χ0) is 10.8. The third kappa shape index (κ3) is 2.87. The molecule has 1 aliphatic heterocycles. The summed E-state index contributed by atoms with van der Waals surface area (Å²) in [6.07, 6.45) is 1.36. The van der Waals surface area contributed by atoms with Gasteiger partial charge in [0.15, 0.2) is 0 Å². The van der Waals surface area contributed by atoms with Gasteiger partial charge in [-0.25, -0.2) is 4.79 Å². The maximum atomic E-state index is 11.5. The summed E-state index contributed by atoms with van der Waals surface area (Å²) < 4.78 is 5.22.